The number of aromatic nitrogens is 3. The van der Waals surface area contributed by atoms with E-state index in [9.17, 15) is 0 Å². The monoisotopic (exact) mass is 347 g/mol. The third kappa shape index (κ3) is 3.50. The summed E-state index contributed by atoms with van der Waals surface area (Å²) in [5.41, 5.74) is 1.03. The van der Waals surface area contributed by atoms with Gasteiger partial charge in [0.2, 0.25) is 0 Å². The first-order valence-corrected chi connectivity index (χ1v) is 7.92. The van der Waals surface area contributed by atoms with Gasteiger partial charge in [0.15, 0.2) is 0 Å². The van der Waals surface area contributed by atoms with E-state index in [0.717, 1.165) is 47.7 Å². The molecule has 0 radical (unpaired) electrons. The van der Waals surface area contributed by atoms with Gasteiger partial charge in [-0.1, -0.05) is 0 Å². The quantitative estimate of drug-likeness (QED) is 0.924. The highest BCUT2D eigenvalue weighted by molar-refractivity contribution is 9.10. The number of halogens is 1. The molecular formula is C15H18BrN5. The average Bonchev–Trinajstić information content (AvgIpc) is 2.51. The number of piperidine rings is 1. The minimum atomic E-state index is 0.388. The summed E-state index contributed by atoms with van der Waals surface area (Å²) < 4.78 is 1.05. The number of anilines is 2. The topological polar surface area (TPSA) is 53.9 Å². The molecule has 2 aromatic rings. The highest BCUT2D eigenvalue weighted by atomic mass is 79.9. The van der Waals surface area contributed by atoms with Crippen molar-refractivity contribution in [3.05, 3.63) is 40.9 Å². The van der Waals surface area contributed by atoms with E-state index in [4.69, 9.17) is 0 Å². The van der Waals surface area contributed by atoms with Crippen molar-refractivity contribution in [2.24, 2.45) is 0 Å². The lowest BCUT2D eigenvalue weighted by atomic mass is 10.1. The molecule has 0 aliphatic carbocycles. The van der Waals surface area contributed by atoms with Crippen LogP contribution in [0.2, 0.25) is 0 Å². The van der Waals surface area contributed by atoms with Crippen LogP contribution in [0.4, 0.5) is 11.6 Å². The zero-order valence-corrected chi connectivity index (χ0v) is 13.5. The van der Waals surface area contributed by atoms with Gasteiger partial charge in [0, 0.05) is 29.8 Å². The van der Waals surface area contributed by atoms with Crippen LogP contribution in [0.3, 0.4) is 0 Å². The lowest BCUT2D eigenvalue weighted by Crippen LogP contribution is -2.42. The summed E-state index contributed by atoms with van der Waals surface area (Å²) in [4.78, 5) is 15.2. The molecule has 1 fully saturated rings. The van der Waals surface area contributed by atoms with Gasteiger partial charge in [0.25, 0.3) is 0 Å². The maximum Gasteiger partial charge on any atom is 0.129 e. The van der Waals surface area contributed by atoms with Crippen molar-refractivity contribution < 1.29 is 0 Å². The van der Waals surface area contributed by atoms with Gasteiger partial charge in [-0.3, -0.25) is 0 Å². The molecule has 3 rings (SSSR count). The Morgan fingerprint density at radius 3 is 3.00 bits per heavy atom. The number of rotatable bonds is 3. The molecule has 1 aliphatic heterocycles. The van der Waals surface area contributed by atoms with Gasteiger partial charge in [0.1, 0.15) is 18.0 Å². The molecule has 21 heavy (non-hydrogen) atoms. The van der Waals surface area contributed by atoms with E-state index in [-0.39, 0.29) is 0 Å². The molecule has 0 bridgehead atoms. The Morgan fingerprint density at radius 2 is 2.24 bits per heavy atom. The fraction of sp³-hybridized carbons (Fsp3) is 0.400. The van der Waals surface area contributed by atoms with Crippen molar-refractivity contribution in [1.82, 2.24) is 15.0 Å². The van der Waals surface area contributed by atoms with Gasteiger partial charge < -0.3 is 10.2 Å². The van der Waals surface area contributed by atoms with Crippen molar-refractivity contribution in [3.63, 3.8) is 0 Å². The predicted molar refractivity (Wildman–Crippen MR) is 87.6 cm³/mol. The molecule has 110 valence electrons. The van der Waals surface area contributed by atoms with E-state index in [1.807, 2.05) is 13.0 Å². The van der Waals surface area contributed by atoms with Crippen LogP contribution < -0.4 is 10.2 Å². The van der Waals surface area contributed by atoms with E-state index in [2.05, 4.69) is 53.2 Å². The van der Waals surface area contributed by atoms with Crippen molar-refractivity contribution in [1.29, 1.82) is 0 Å². The molecule has 1 atom stereocenters. The van der Waals surface area contributed by atoms with Gasteiger partial charge in [-0.25, -0.2) is 15.0 Å². The molecule has 0 spiro atoms. The number of hydrogen-bond donors (Lipinski definition) is 1. The Bertz CT molecular complexity index is 604. The molecule has 0 amide bonds. The summed E-state index contributed by atoms with van der Waals surface area (Å²) in [6.45, 7) is 4.02. The fourth-order valence-corrected chi connectivity index (χ4v) is 2.82. The van der Waals surface area contributed by atoms with Gasteiger partial charge in [0.05, 0.1) is 5.69 Å². The molecule has 1 saturated heterocycles. The van der Waals surface area contributed by atoms with Crippen LogP contribution in [-0.2, 0) is 0 Å². The summed E-state index contributed by atoms with van der Waals surface area (Å²) >= 11 is 3.50. The maximum atomic E-state index is 4.66. The van der Waals surface area contributed by atoms with Gasteiger partial charge >= 0.3 is 0 Å². The number of pyridine rings is 1. The molecule has 0 aromatic carbocycles. The largest absolute Gasteiger partial charge is 0.365 e. The van der Waals surface area contributed by atoms with Crippen molar-refractivity contribution in [2.45, 2.75) is 25.8 Å². The molecular weight excluding hydrogens is 330 g/mol. The number of aryl methyl sites for hydroxylation is 1. The zero-order valence-electron chi connectivity index (χ0n) is 12.0. The van der Waals surface area contributed by atoms with E-state index in [0.29, 0.717) is 6.04 Å². The molecule has 5 nitrogen and oxygen atoms in total. The number of nitrogens with one attached hydrogen (secondary N) is 1. The van der Waals surface area contributed by atoms with Crippen molar-refractivity contribution >= 4 is 27.6 Å². The Balaban J connectivity index is 1.69. The molecule has 1 N–H and O–H groups in total. The first-order valence-electron chi connectivity index (χ1n) is 7.13. The first-order chi connectivity index (χ1) is 10.2. The lowest BCUT2D eigenvalue weighted by molar-refractivity contribution is 0.525. The molecule has 0 saturated carbocycles. The third-order valence-electron chi connectivity index (χ3n) is 3.69. The van der Waals surface area contributed by atoms with Crippen LogP contribution in [0.15, 0.2) is 35.2 Å². The van der Waals surface area contributed by atoms with E-state index in [1.54, 1.807) is 12.5 Å². The van der Waals surface area contributed by atoms with Crippen LogP contribution in [0.5, 0.6) is 0 Å². The van der Waals surface area contributed by atoms with Crippen LogP contribution >= 0.6 is 15.9 Å². The summed E-state index contributed by atoms with van der Waals surface area (Å²) in [5, 5.41) is 3.48. The van der Waals surface area contributed by atoms with E-state index in [1.165, 1.54) is 0 Å². The standard InChI is InChI=1S/C15H18BrN5/c1-11-13(16)4-5-15(19-11)21-8-2-3-12(9-21)20-14-6-7-17-10-18-14/h4-7,10,12H,2-3,8-9H2,1H3,(H,17,18,20). The van der Waals surface area contributed by atoms with Gasteiger partial charge in [-0.15, -0.1) is 0 Å². The van der Waals surface area contributed by atoms with Crippen LogP contribution in [0.25, 0.3) is 0 Å². The van der Waals surface area contributed by atoms with E-state index < -0.39 is 0 Å². The summed E-state index contributed by atoms with van der Waals surface area (Å²) in [5.74, 6) is 1.93. The summed E-state index contributed by atoms with van der Waals surface area (Å²) in [6, 6.07) is 6.43. The molecule has 6 heteroatoms. The Kier molecular flexibility index (Phi) is 4.34. The second kappa shape index (κ2) is 6.39. The van der Waals surface area contributed by atoms with Crippen LogP contribution in [0, 0.1) is 6.92 Å². The Labute approximate surface area is 133 Å². The molecule has 1 aliphatic rings. The normalized spacial score (nSPS) is 18.6. The maximum absolute atomic E-state index is 4.66. The molecule has 2 aromatic heterocycles. The minimum Gasteiger partial charge on any atom is -0.365 e. The smallest absolute Gasteiger partial charge is 0.129 e. The van der Waals surface area contributed by atoms with Crippen molar-refractivity contribution in [2.75, 3.05) is 23.3 Å². The predicted octanol–water partition coefficient (Wildman–Crippen LogP) is 3.02. The lowest BCUT2D eigenvalue weighted by Gasteiger charge is -2.34. The minimum absolute atomic E-state index is 0.388. The highest BCUT2D eigenvalue weighted by Crippen LogP contribution is 2.23. The van der Waals surface area contributed by atoms with Gasteiger partial charge in [-0.2, -0.15) is 0 Å². The molecule has 3 heterocycles. The number of nitrogens with zero attached hydrogens (tertiary/aromatic N) is 4. The Morgan fingerprint density at radius 1 is 1.33 bits per heavy atom. The number of hydrogen-bond acceptors (Lipinski definition) is 5. The Hall–Kier alpha value is -1.69. The van der Waals surface area contributed by atoms with Crippen LogP contribution in [-0.4, -0.2) is 34.1 Å². The van der Waals surface area contributed by atoms with Crippen molar-refractivity contribution in [3.8, 4) is 0 Å². The molecule has 1 unspecified atom stereocenters. The van der Waals surface area contributed by atoms with E-state index >= 15 is 0 Å². The second-order valence-corrected chi connectivity index (χ2v) is 6.12. The van der Waals surface area contributed by atoms with Crippen LogP contribution in [0.1, 0.15) is 18.5 Å². The average molecular weight is 348 g/mol. The third-order valence-corrected chi connectivity index (χ3v) is 4.52. The van der Waals surface area contributed by atoms with Gasteiger partial charge in [-0.05, 0) is 53.9 Å². The SMILES string of the molecule is Cc1nc(N2CCCC(Nc3ccncn3)C2)ccc1Br. The summed E-state index contributed by atoms with van der Waals surface area (Å²) in [7, 11) is 0. The summed E-state index contributed by atoms with van der Waals surface area (Å²) in [6.07, 6.45) is 5.63. The fourth-order valence-electron chi connectivity index (χ4n) is 2.60. The highest BCUT2D eigenvalue weighted by Gasteiger charge is 2.21. The second-order valence-electron chi connectivity index (χ2n) is 5.26. The zero-order chi connectivity index (χ0) is 14.7. The first kappa shape index (κ1) is 14.3.